The Kier molecular flexibility index (Phi) is 5.23. The van der Waals surface area contributed by atoms with Crippen LogP contribution in [0.2, 0.25) is 0 Å². The summed E-state index contributed by atoms with van der Waals surface area (Å²) >= 11 is 7.01. The largest absolute Gasteiger partial charge is 0.277 e. The maximum absolute atomic E-state index is 4.65. The first-order chi connectivity index (χ1) is 11.1. The lowest BCUT2D eigenvalue weighted by molar-refractivity contribution is 0.800. The second kappa shape index (κ2) is 7.37. The Morgan fingerprint density at radius 3 is 2.65 bits per heavy atom. The van der Waals surface area contributed by atoms with Crippen LogP contribution in [0.5, 0.6) is 0 Å². The predicted molar refractivity (Wildman–Crippen MR) is 105 cm³/mol. The van der Waals surface area contributed by atoms with E-state index in [0.717, 1.165) is 32.5 Å². The minimum Gasteiger partial charge on any atom is -0.277 e. The molecular weight excluding hydrogens is 416 g/mol. The van der Waals surface area contributed by atoms with Gasteiger partial charge in [-0.1, -0.05) is 48.6 Å². The number of halogens is 2. The predicted octanol–water partition coefficient (Wildman–Crippen LogP) is 5.85. The van der Waals surface area contributed by atoms with Crippen LogP contribution in [0.15, 0.2) is 63.7 Å². The highest BCUT2D eigenvalue weighted by atomic mass is 79.9. The quantitative estimate of drug-likeness (QED) is 0.598. The molecule has 0 radical (unpaired) electrons. The monoisotopic (exact) mass is 430 g/mol. The summed E-state index contributed by atoms with van der Waals surface area (Å²) in [5.41, 5.74) is 4.51. The number of nitrogens with zero attached hydrogens (tertiary/aromatic N) is 2. The summed E-state index contributed by atoms with van der Waals surface area (Å²) in [4.78, 5) is 9.19. The average Bonchev–Trinajstić information content (AvgIpc) is 2.57. The zero-order chi connectivity index (χ0) is 16.2. The summed E-state index contributed by atoms with van der Waals surface area (Å²) in [6.45, 7) is 2.79. The highest BCUT2D eigenvalue weighted by molar-refractivity contribution is 9.18. The van der Waals surface area contributed by atoms with Crippen molar-refractivity contribution in [3.05, 3.63) is 75.5 Å². The van der Waals surface area contributed by atoms with E-state index in [2.05, 4.69) is 85.2 Å². The number of hydrogen-bond donors (Lipinski definition) is 0. The summed E-state index contributed by atoms with van der Waals surface area (Å²) in [6, 6.07) is 12.4. The van der Waals surface area contributed by atoms with Gasteiger partial charge in [0.25, 0.3) is 0 Å². The Morgan fingerprint density at radius 2 is 1.91 bits per heavy atom. The first kappa shape index (κ1) is 16.3. The lowest BCUT2D eigenvalue weighted by atomic mass is 9.95. The highest BCUT2D eigenvalue weighted by Crippen LogP contribution is 2.28. The number of aliphatic imine (C=N–C) groups is 1. The second-order valence-corrected chi connectivity index (χ2v) is 7.13. The van der Waals surface area contributed by atoms with Crippen molar-refractivity contribution in [2.45, 2.75) is 12.8 Å². The molecule has 1 aliphatic heterocycles. The number of aromatic nitrogens is 1. The van der Waals surface area contributed by atoms with Gasteiger partial charge in [0.1, 0.15) is 4.62 Å². The normalized spacial score (nSPS) is 18.0. The molecule has 0 saturated carbocycles. The summed E-state index contributed by atoms with van der Waals surface area (Å²) in [5.74, 6) is 0.208. The van der Waals surface area contributed by atoms with Gasteiger partial charge in [-0.25, -0.2) is 0 Å². The molecule has 3 rings (SSSR count). The van der Waals surface area contributed by atoms with Crippen LogP contribution in [0, 0.1) is 0 Å². The Labute approximate surface area is 153 Å². The fourth-order valence-corrected chi connectivity index (χ4v) is 3.18. The molecule has 1 aromatic heterocycles. The van der Waals surface area contributed by atoms with Crippen LogP contribution in [0.1, 0.15) is 29.7 Å². The fraction of sp³-hybridized carbons (Fsp3) is 0.158. The standard InChI is InChI=1S/C19H16Br2N2/c1-13-9-16(11-23-19(13)21)18-15(10-17(20)12-22-18)8-7-14-5-3-2-4-6-14/h2-10,12,16H,11H2,1H3/b8-7+. The Morgan fingerprint density at radius 1 is 1.13 bits per heavy atom. The van der Waals surface area contributed by atoms with Crippen LogP contribution in [0.4, 0.5) is 0 Å². The molecule has 0 spiro atoms. The molecule has 2 aromatic rings. The number of rotatable bonds is 3. The number of hydrogen-bond acceptors (Lipinski definition) is 2. The second-order valence-electron chi connectivity index (χ2n) is 5.46. The minimum absolute atomic E-state index is 0.208. The van der Waals surface area contributed by atoms with E-state index in [0.29, 0.717) is 0 Å². The van der Waals surface area contributed by atoms with E-state index >= 15 is 0 Å². The van der Waals surface area contributed by atoms with Crippen LogP contribution in [0.3, 0.4) is 0 Å². The number of benzene rings is 1. The van der Waals surface area contributed by atoms with Crippen molar-refractivity contribution in [2.75, 3.05) is 6.54 Å². The smallest absolute Gasteiger partial charge is 0.103 e. The molecule has 1 atom stereocenters. The van der Waals surface area contributed by atoms with Crippen molar-refractivity contribution < 1.29 is 0 Å². The van der Waals surface area contributed by atoms with Crippen molar-refractivity contribution in [1.82, 2.24) is 4.98 Å². The molecule has 0 aliphatic carbocycles. The SMILES string of the molecule is CC1=CC(c2ncc(Br)cc2/C=C/c2ccccc2)CN=C1Br. The summed E-state index contributed by atoms with van der Waals surface area (Å²) in [7, 11) is 0. The van der Waals surface area contributed by atoms with Gasteiger partial charge in [-0.05, 0) is 61.5 Å². The highest BCUT2D eigenvalue weighted by Gasteiger charge is 2.18. The van der Waals surface area contributed by atoms with Gasteiger partial charge in [0.15, 0.2) is 0 Å². The fourth-order valence-electron chi connectivity index (χ4n) is 2.55. The van der Waals surface area contributed by atoms with Gasteiger partial charge >= 0.3 is 0 Å². The van der Waals surface area contributed by atoms with Crippen LogP contribution in [0.25, 0.3) is 12.2 Å². The topological polar surface area (TPSA) is 25.2 Å². The third kappa shape index (κ3) is 4.06. The Bertz CT molecular complexity index is 792. The molecule has 0 fully saturated rings. The molecule has 1 aromatic carbocycles. The van der Waals surface area contributed by atoms with Gasteiger partial charge in [0.2, 0.25) is 0 Å². The third-order valence-electron chi connectivity index (χ3n) is 3.73. The van der Waals surface area contributed by atoms with Gasteiger partial charge in [0, 0.05) is 16.6 Å². The maximum atomic E-state index is 4.65. The van der Waals surface area contributed by atoms with E-state index in [1.54, 1.807) is 0 Å². The van der Waals surface area contributed by atoms with Gasteiger partial charge in [-0.2, -0.15) is 0 Å². The summed E-state index contributed by atoms with van der Waals surface area (Å²) < 4.78 is 1.92. The lowest BCUT2D eigenvalue weighted by Gasteiger charge is -2.18. The molecule has 1 aliphatic rings. The minimum atomic E-state index is 0.208. The van der Waals surface area contributed by atoms with Gasteiger partial charge in [-0.15, -0.1) is 0 Å². The van der Waals surface area contributed by atoms with Crippen LogP contribution >= 0.6 is 31.9 Å². The molecule has 116 valence electrons. The molecule has 4 heteroatoms. The zero-order valence-electron chi connectivity index (χ0n) is 12.7. The van der Waals surface area contributed by atoms with Crippen molar-refractivity contribution in [3.8, 4) is 0 Å². The summed E-state index contributed by atoms with van der Waals surface area (Å²) in [5, 5.41) is 0. The molecule has 23 heavy (non-hydrogen) atoms. The van der Waals surface area contributed by atoms with Gasteiger partial charge in [0.05, 0.1) is 12.2 Å². The molecule has 0 amide bonds. The van der Waals surface area contributed by atoms with E-state index in [1.807, 2.05) is 24.4 Å². The molecule has 2 heterocycles. The van der Waals surface area contributed by atoms with E-state index in [1.165, 1.54) is 5.56 Å². The first-order valence-corrected chi connectivity index (χ1v) is 8.99. The van der Waals surface area contributed by atoms with Crippen molar-refractivity contribution in [1.29, 1.82) is 0 Å². The maximum Gasteiger partial charge on any atom is 0.103 e. The number of allylic oxidation sites excluding steroid dienone is 1. The van der Waals surface area contributed by atoms with Crippen LogP contribution < -0.4 is 0 Å². The number of dihydropyridines is 1. The van der Waals surface area contributed by atoms with E-state index in [4.69, 9.17) is 0 Å². The van der Waals surface area contributed by atoms with E-state index in [-0.39, 0.29) is 5.92 Å². The van der Waals surface area contributed by atoms with E-state index < -0.39 is 0 Å². The number of pyridine rings is 1. The zero-order valence-corrected chi connectivity index (χ0v) is 15.9. The first-order valence-electron chi connectivity index (χ1n) is 7.41. The molecule has 0 bridgehead atoms. The molecular formula is C19H16Br2N2. The molecule has 1 unspecified atom stereocenters. The van der Waals surface area contributed by atoms with Crippen LogP contribution in [-0.2, 0) is 0 Å². The lowest BCUT2D eigenvalue weighted by Crippen LogP contribution is -2.11. The van der Waals surface area contributed by atoms with E-state index in [9.17, 15) is 0 Å². The molecule has 2 nitrogen and oxygen atoms in total. The summed E-state index contributed by atoms with van der Waals surface area (Å²) in [6.07, 6.45) is 8.32. The average molecular weight is 432 g/mol. The van der Waals surface area contributed by atoms with Gasteiger partial charge < -0.3 is 0 Å². The molecule has 0 N–H and O–H groups in total. The van der Waals surface area contributed by atoms with Gasteiger partial charge in [-0.3, -0.25) is 9.98 Å². The van der Waals surface area contributed by atoms with Crippen molar-refractivity contribution in [2.24, 2.45) is 4.99 Å². The Balaban J connectivity index is 1.95. The molecule has 0 saturated heterocycles. The van der Waals surface area contributed by atoms with Crippen molar-refractivity contribution in [3.63, 3.8) is 0 Å². The van der Waals surface area contributed by atoms with Crippen molar-refractivity contribution >= 4 is 48.6 Å². The van der Waals surface area contributed by atoms with Crippen LogP contribution in [-0.4, -0.2) is 16.1 Å². The Hall–Kier alpha value is -1.52. The third-order valence-corrected chi connectivity index (χ3v) is 5.04.